The Hall–Kier alpha value is -2.58. The summed E-state index contributed by atoms with van der Waals surface area (Å²) in [5.74, 6) is -2.41. The Morgan fingerprint density at radius 2 is 1.91 bits per heavy atom. The van der Waals surface area contributed by atoms with Crippen LogP contribution in [0.15, 0.2) is 23.1 Å². The van der Waals surface area contributed by atoms with E-state index in [1.54, 1.807) is 25.7 Å². The molecule has 0 unspecified atom stereocenters. The van der Waals surface area contributed by atoms with Crippen molar-refractivity contribution in [2.24, 2.45) is 17.1 Å². The number of likely N-dealkylation sites (tertiary alicyclic amines) is 1. The van der Waals surface area contributed by atoms with Gasteiger partial charge in [-0.2, -0.15) is 0 Å². The molecule has 1 fully saturated rings. The van der Waals surface area contributed by atoms with Crippen molar-refractivity contribution in [3.63, 3.8) is 0 Å². The molecule has 4 N–H and O–H groups in total. The molecule has 184 valence electrons. The summed E-state index contributed by atoms with van der Waals surface area (Å²) in [5.41, 5.74) is 4.91. The summed E-state index contributed by atoms with van der Waals surface area (Å²) >= 11 is 12.0. The van der Waals surface area contributed by atoms with Gasteiger partial charge >= 0.3 is 0 Å². The molecule has 34 heavy (non-hydrogen) atoms. The Morgan fingerprint density at radius 3 is 2.47 bits per heavy atom. The Labute approximate surface area is 207 Å². The third-order valence-corrected chi connectivity index (χ3v) is 7.42. The van der Waals surface area contributed by atoms with Gasteiger partial charge in [0.2, 0.25) is 5.91 Å². The van der Waals surface area contributed by atoms with Crippen LogP contribution in [0.25, 0.3) is 0 Å². The molecule has 2 heterocycles. The summed E-state index contributed by atoms with van der Waals surface area (Å²) in [6.07, 6.45) is 2.54. The molecule has 0 radical (unpaired) electrons. The third kappa shape index (κ3) is 5.23. The van der Waals surface area contributed by atoms with Crippen LogP contribution in [0.1, 0.15) is 60.5 Å². The standard InChI is InChI=1S/C24H28Cl2FN3O4/c1-12-8-17(31)18(20(27)19(12)26)15(10-24(2,3)23(28)34)13-4-6-30(7-5-13)22(33)14-9-16(25)21(32)29-11-14/h8-9,11,13,15,31H,4-7,10H2,1-3H3,(H2,28,34)(H,29,32)/t15-/m1/s1. The number of H-pyrrole nitrogens is 1. The van der Waals surface area contributed by atoms with Gasteiger partial charge in [0.05, 0.1) is 10.6 Å². The summed E-state index contributed by atoms with van der Waals surface area (Å²) < 4.78 is 15.3. The van der Waals surface area contributed by atoms with Crippen LogP contribution < -0.4 is 11.3 Å². The summed E-state index contributed by atoms with van der Waals surface area (Å²) in [6, 6.07) is 2.75. The molecule has 2 amide bonds. The lowest BCUT2D eigenvalue weighted by Crippen LogP contribution is -2.41. The number of benzene rings is 1. The Bertz CT molecular complexity index is 1170. The number of phenolic OH excluding ortho intramolecular Hbond substituents is 1. The third-order valence-electron chi connectivity index (χ3n) is 6.67. The van der Waals surface area contributed by atoms with Gasteiger partial charge in [0.25, 0.3) is 11.5 Å². The molecule has 0 aliphatic carbocycles. The van der Waals surface area contributed by atoms with Gasteiger partial charge < -0.3 is 20.7 Å². The van der Waals surface area contributed by atoms with Crippen LogP contribution >= 0.6 is 23.2 Å². The molecule has 2 aromatic rings. The van der Waals surface area contributed by atoms with Crippen LogP contribution in [-0.2, 0) is 4.79 Å². The number of hydrogen-bond donors (Lipinski definition) is 3. The number of piperidine rings is 1. The Kier molecular flexibility index (Phi) is 7.62. The fraction of sp³-hybridized carbons (Fsp3) is 0.458. The normalized spacial score (nSPS) is 15.9. The molecule has 0 bridgehead atoms. The molecule has 1 aliphatic rings. The average Bonchev–Trinajstić information content (AvgIpc) is 2.78. The van der Waals surface area contributed by atoms with E-state index in [0.29, 0.717) is 31.5 Å². The van der Waals surface area contributed by atoms with Crippen molar-refractivity contribution in [3.05, 3.63) is 61.2 Å². The van der Waals surface area contributed by atoms with E-state index in [0.717, 1.165) is 0 Å². The number of aromatic amines is 1. The first-order chi connectivity index (χ1) is 15.8. The second-order valence-electron chi connectivity index (χ2n) is 9.51. The van der Waals surface area contributed by atoms with Crippen LogP contribution in [0.2, 0.25) is 10.0 Å². The summed E-state index contributed by atoms with van der Waals surface area (Å²) in [7, 11) is 0. The van der Waals surface area contributed by atoms with Gasteiger partial charge in [-0.15, -0.1) is 0 Å². The number of rotatable bonds is 6. The van der Waals surface area contributed by atoms with E-state index in [2.05, 4.69) is 4.98 Å². The SMILES string of the molecule is Cc1cc(O)c([C@H](CC(C)(C)C(N)=O)C2CCN(C(=O)c3c[nH]c(=O)c(Cl)c3)CC2)c(F)c1Cl. The number of amides is 2. The molecule has 1 aliphatic heterocycles. The lowest BCUT2D eigenvalue weighted by molar-refractivity contribution is -0.126. The molecular weight excluding hydrogens is 484 g/mol. The van der Waals surface area contributed by atoms with Gasteiger partial charge in [-0.3, -0.25) is 14.4 Å². The quantitative estimate of drug-likeness (QED) is 0.533. The van der Waals surface area contributed by atoms with E-state index in [9.17, 15) is 19.5 Å². The number of hydrogen-bond acceptors (Lipinski definition) is 4. The summed E-state index contributed by atoms with van der Waals surface area (Å²) in [6.45, 7) is 5.72. The first-order valence-electron chi connectivity index (χ1n) is 11.0. The highest BCUT2D eigenvalue weighted by molar-refractivity contribution is 6.31. The summed E-state index contributed by atoms with van der Waals surface area (Å²) in [5, 5.41) is 10.5. The largest absolute Gasteiger partial charge is 0.508 e. The maximum atomic E-state index is 15.3. The van der Waals surface area contributed by atoms with Crippen molar-refractivity contribution in [1.82, 2.24) is 9.88 Å². The predicted octanol–water partition coefficient (Wildman–Crippen LogP) is 4.37. The maximum absolute atomic E-state index is 15.3. The zero-order valence-electron chi connectivity index (χ0n) is 19.3. The Morgan fingerprint density at radius 1 is 1.29 bits per heavy atom. The molecule has 1 aromatic heterocycles. The number of phenols is 1. The van der Waals surface area contributed by atoms with Crippen molar-refractivity contribution in [1.29, 1.82) is 0 Å². The minimum atomic E-state index is -0.958. The lowest BCUT2D eigenvalue weighted by atomic mass is 9.70. The predicted molar refractivity (Wildman–Crippen MR) is 129 cm³/mol. The molecule has 10 heteroatoms. The highest BCUT2D eigenvalue weighted by Crippen LogP contribution is 2.46. The molecule has 0 saturated carbocycles. The van der Waals surface area contributed by atoms with E-state index in [1.165, 1.54) is 18.3 Å². The number of pyridine rings is 1. The zero-order chi connectivity index (χ0) is 25.4. The van der Waals surface area contributed by atoms with Crippen LogP contribution in [0.3, 0.4) is 0 Å². The number of aromatic hydroxyl groups is 1. The highest BCUT2D eigenvalue weighted by atomic mass is 35.5. The first kappa shape index (κ1) is 26.0. The fourth-order valence-corrected chi connectivity index (χ4v) is 4.85. The molecule has 1 saturated heterocycles. The van der Waals surface area contributed by atoms with Gasteiger partial charge in [0.15, 0.2) is 0 Å². The van der Waals surface area contributed by atoms with Crippen molar-refractivity contribution in [2.45, 2.75) is 46.0 Å². The molecule has 1 atom stereocenters. The molecule has 3 rings (SSSR count). The first-order valence-corrected chi connectivity index (χ1v) is 11.7. The summed E-state index contributed by atoms with van der Waals surface area (Å²) in [4.78, 5) is 40.5. The molecule has 1 aromatic carbocycles. The second-order valence-corrected chi connectivity index (χ2v) is 10.3. The smallest absolute Gasteiger partial charge is 0.266 e. The van der Waals surface area contributed by atoms with Crippen molar-refractivity contribution in [3.8, 4) is 5.75 Å². The van der Waals surface area contributed by atoms with E-state index in [-0.39, 0.29) is 45.2 Å². The maximum Gasteiger partial charge on any atom is 0.266 e. The number of primary amides is 1. The zero-order valence-corrected chi connectivity index (χ0v) is 20.8. The van der Waals surface area contributed by atoms with E-state index >= 15 is 4.39 Å². The molecule has 7 nitrogen and oxygen atoms in total. The number of aromatic nitrogens is 1. The average molecular weight is 512 g/mol. The van der Waals surface area contributed by atoms with Gasteiger partial charge in [-0.25, -0.2) is 4.39 Å². The van der Waals surface area contributed by atoms with Gasteiger partial charge in [-0.1, -0.05) is 37.0 Å². The number of nitrogens with one attached hydrogen (secondary N) is 1. The number of carbonyl (C=O) groups excluding carboxylic acids is 2. The molecule has 0 spiro atoms. The minimum absolute atomic E-state index is 0.0714. The fourth-order valence-electron chi connectivity index (χ4n) is 4.52. The van der Waals surface area contributed by atoms with E-state index in [4.69, 9.17) is 28.9 Å². The van der Waals surface area contributed by atoms with E-state index in [1.807, 2.05) is 0 Å². The van der Waals surface area contributed by atoms with E-state index < -0.39 is 28.6 Å². The Balaban J connectivity index is 1.88. The topological polar surface area (TPSA) is 116 Å². The number of nitrogens with zero attached hydrogens (tertiary/aromatic N) is 1. The number of carbonyl (C=O) groups is 2. The molecular formula is C24H28Cl2FN3O4. The highest BCUT2D eigenvalue weighted by Gasteiger charge is 2.39. The minimum Gasteiger partial charge on any atom is -0.508 e. The number of halogens is 3. The number of aryl methyl sites for hydroxylation is 1. The second kappa shape index (κ2) is 9.96. The number of nitrogens with two attached hydrogens (primary N) is 1. The van der Waals surface area contributed by atoms with Crippen LogP contribution in [0.5, 0.6) is 5.75 Å². The van der Waals surface area contributed by atoms with Crippen LogP contribution in [0.4, 0.5) is 4.39 Å². The van der Waals surface area contributed by atoms with Crippen molar-refractivity contribution < 1.29 is 19.1 Å². The van der Waals surface area contributed by atoms with Crippen molar-refractivity contribution in [2.75, 3.05) is 13.1 Å². The van der Waals surface area contributed by atoms with Crippen LogP contribution in [0, 0.1) is 24.1 Å². The monoisotopic (exact) mass is 511 g/mol. The van der Waals surface area contributed by atoms with Crippen LogP contribution in [-0.4, -0.2) is 39.9 Å². The van der Waals surface area contributed by atoms with Crippen molar-refractivity contribution >= 4 is 35.0 Å². The van der Waals surface area contributed by atoms with Gasteiger partial charge in [0.1, 0.15) is 16.6 Å². The van der Waals surface area contributed by atoms with Gasteiger partial charge in [-0.05, 0) is 55.7 Å². The van der Waals surface area contributed by atoms with Gasteiger partial charge in [0, 0.05) is 30.3 Å². The lowest BCUT2D eigenvalue weighted by Gasteiger charge is -2.39.